The highest BCUT2D eigenvalue weighted by Crippen LogP contribution is 2.31. The van der Waals surface area contributed by atoms with E-state index in [1.807, 2.05) is 0 Å². The zero-order valence-electron chi connectivity index (χ0n) is 12.5. The summed E-state index contributed by atoms with van der Waals surface area (Å²) in [6.07, 6.45) is 8.15. The monoisotopic (exact) mass is 320 g/mol. The number of hydrogen-bond acceptors (Lipinski definition) is 2. The number of alkyl halides is 1. The fraction of sp³-hybridized carbons (Fsp3) is 0.875. The van der Waals surface area contributed by atoms with E-state index in [-0.39, 0.29) is 11.5 Å². The molecule has 116 valence electrons. The van der Waals surface area contributed by atoms with Crippen LogP contribution in [-0.2, 0) is 9.47 Å². The first-order valence-corrected chi connectivity index (χ1v) is 8.62. The second kappa shape index (κ2) is 8.03. The predicted molar refractivity (Wildman–Crippen MR) is 84.5 cm³/mol. The molecule has 0 radical (unpaired) electrons. The smallest absolute Gasteiger partial charge is 0.109 e. The molecule has 2 nitrogen and oxygen atoms in total. The summed E-state index contributed by atoms with van der Waals surface area (Å²) in [5.74, 6) is 1.29. The minimum absolute atomic E-state index is 0.0296. The lowest BCUT2D eigenvalue weighted by Gasteiger charge is -2.29. The number of allylic oxidation sites excluding steroid dienone is 1. The van der Waals surface area contributed by atoms with Crippen molar-refractivity contribution >= 4 is 23.2 Å². The van der Waals surface area contributed by atoms with E-state index in [0.717, 1.165) is 17.4 Å². The van der Waals surface area contributed by atoms with Crippen LogP contribution in [0, 0.1) is 11.8 Å². The molecule has 0 aromatic carbocycles. The number of rotatable bonds is 5. The van der Waals surface area contributed by atoms with Crippen LogP contribution in [0.25, 0.3) is 0 Å². The summed E-state index contributed by atoms with van der Waals surface area (Å²) < 4.78 is 11.7. The van der Waals surface area contributed by atoms with Crippen molar-refractivity contribution in [3.05, 3.63) is 11.1 Å². The normalized spacial score (nSPS) is 38.6. The average molecular weight is 321 g/mol. The van der Waals surface area contributed by atoms with Crippen LogP contribution in [0.3, 0.4) is 0 Å². The third-order valence-electron chi connectivity index (χ3n) is 4.34. The van der Waals surface area contributed by atoms with Gasteiger partial charge in [-0.3, -0.25) is 0 Å². The van der Waals surface area contributed by atoms with Gasteiger partial charge in [0.05, 0.1) is 24.7 Å². The summed E-state index contributed by atoms with van der Waals surface area (Å²) in [5, 5.41) is 0.716. The Balaban J connectivity index is 1.64. The first-order valence-electron chi connectivity index (χ1n) is 7.80. The second-order valence-electron chi connectivity index (χ2n) is 6.32. The van der Waals surface area contributed by atoms with Gasteiger partial charge in [0.15, 0.2) is 0 Å². The van der Waals surface area contributed by atoms with E-state index in [4.69, 9.17) is 32.7 Å². The molecule has 20 heavy (non-hydrogen) atoms. The third-order valence-corrected chi connectivity index (χ3v) is 5.09. The maximum atomic E-state index is 6.32. The van der Waals surface area contributed by atoms with Gasteiger partial charge in [-0.2, -0.15) is 0 Å². The quantitative estimate of drug-likeness (QED) is 0.538. The van der Waals surface area contributed by atoms with Crippen LogP contribution >= 0.6 is 23.2 Å². The molecule has 2 aliphatic rings. The first-order chi connectivity index (χ1) is 9.56. The van der Waals surface area contributed by atoms with Crippen LogP contribution in [0.5, 0.6) is 0 Å². The zero-order valence-corrected chi connectivity index (χ0v) is 14.0. The molecule has 0 heterocycles. The average Bonchev–Trinajstić information content (AvgIpc) is 2.39. The third kappa shape index (κ3) is 4.91. The van der Waals surface area contributed by atoms with Crippen LogP contribution in [0.2, 0.25) is 0 Å². The van der Waals surface area contributed by atoms with Crippen molar-refractivity contribution in [2.45, 2.75) is 63.5 Å². The standard InChI is InChI=1S/C16H26Cl2O2/c1-11-3-5-13(6-4-11)19-7-8-20-16-14(17)9-12(2)10-15(16)18/h9,11-13,15-16H,3-8,10H2,1-2H3. The summed E-state index contributed by atoms with van der Waals surface area (Å²) in [4.78, 5) is 0. The van der Waals surface area contributed by atoms with Crippen molar-refractivity contribution in [2.75, 3.05) is 13.2 Å². The predicted octanol–water partition coefficient (Wildman–Crippen LogP) is 4.74. The van der Waals surface area contributed by atoms with Gasteiger partial charge >= 0.3 is 0 Å². The molecule has 0 amide bonds. The highest BCUT2D eigenvalue weighted by molar-refractivity contribution is 6.31. The molecule has 3 unspecified atom stereocenters. The zero-order chi connectivity index (χ0) is 14.5. The van der Waals surface area contributed by atoms with Gasteiger partial charge in [0, 0.05) is 5.03 Å². The van der Waals surface area contributed by atoms with E-state index >= 15 is 0 Å². The van der Waals surface area contributed by atoms with Crippen molar-refractivity contribution in [1.29, 1.82) is 0 Å². The molecule has 0 aromatic rings. The maximum absolute atomic E-state index is 6.32. The lowest BCUT2D eigenvalue weighted by molar-refractivity contribution is -0.0290. The molecule has 3 atom stereocenters. The van der Waals surface area contributed by atoms with Crippen LogP contribution in [0.4, 0.5) is 0 Å². The largest absolute Gasteiger partial charge is 0.376 e. The van der Waals surface area contributed by atoms with Gasteiger partial charge in [0.25, 0.3) is 0 Å². The Kier molecular flexibility index (Phi) is 6.67. The minimum atomic E-state index is -0.162. The Bertz CT molecular complexity index is 324. The van der Waals surface area contributed by atoms with Gasteiger partial charge in [0.1, 0.15) is 6.10 Å². The number of hydrogen-bond donors (Lipinski definition) is 0. The number of ether oxygens (including phenoxy) is 2. The van der Waals surface area contributed by atoms with Crippen molar-refractivity contribution in [2.24, 2.45) is 11.8 Å². The lowest BCUT2D eigenvalue weighted by Crippen LogP contribution is -2.32. The molecule has 0 N–H and O–H groups in total. The van der Waals surface area contributed by atoms with E-state index in [9.17, 15) is 0 Å². The fourth-order valence-corrected chi connectivity index (χ4v) is 4.04. The summed E-state index contributed by atoms with van der Waals surface area (Å²) >= 11 is 12.6. The summed E-state index contributed by atoms with van der Waals surface area (Å²) in [6.45, 7) is 5.65. The topological polar surface area (TPSA) is 18.5 Å². The van der Waals surface area contributed by atoms with Gasteiger partial charge in [-0.25, -0.2) is 0 Å². The van der Waals surface area contributed by atoms with Crippen molar-refractivity contribution in [3.63, 3.8) is 0 Å². The minimum Gasteiger partial charge on any atom is -0.376 e. The Morgan fingerprint density at radius 1 is 1.10 bits per heavy atom. The molecule has 0 aromatic heterocycles. The molecule has 1 saturated carbocycles. The highest BCUT2D eigenvalue weighted by atomic mass is 35.5. The molecule has 2 rings (SSSR count). The molecule has 0 aliphatic heterocycles. The molecular weight excluding hydrogens is 295 g/mol. The summed E-state index contributed by atoms with van der Waals surface area (Å²) in [5.41, 5.74) is 0. The molecule has 2 aliphatic carbocycles. The van der Waals surface area contributed by atoms with E-state index in [2.05, 4.69) is 19.9 Å². The Morgan fingerprint density at radius 2 is 1.75 bits per heavy atom. The van der Waals surface area contributed by atoms with Crippen molar-refractivity contribution in [3.8, 4) is 0 Å². The van der Waals surface area contributed by atoms with E-state index in [0.29, 0.717) is 25.2 Å². The summed E-state index contributed by atoms with van der Waals surface area (Å²) in [7, 11) is 0. The van der Waals surface area contributed by atoms with Crippen LogP contribution in [-0.4, -0.2) is 30.8 Å². The second-order valence-corrected chi connectivity index (χ2v) is 7.32. The van der Waals surface area contributed by atoms with E-state index in [1.165, 1.54) is 25.7 Å². The maximum Gasteiger partial charge on any atom is 0.109 e. The molecule has 4 heteroatoms. The van der Waals surface area contributed by atoms with Gasteiger partial charge in [-0.15, -0.1) is 11.6 Å². The lowest BCUT2D eigenvalue weighted by atomic mass is 9.89. The van der Waals surface area contributed by atoms with Gasteiger partial charge in [-0.1, -0.05) is 31.5 Å². The van der Waals surface area contributed by atoms with Crippen LogP contribution in [0.1, 0.15) is 46.0 Å². The highest BCUT2D eigenvalue weighted by Gasteiger charge is 2.29. The Morgan fingerprint density at radius 3 is 2.40 bits per heavy atom. The number of halogens is 2. The molecule has 0 saturated heterocycles. The SMILES string of the molecule is CC1C=C(Cl)C(OCCOC2CCC(C)CC2)C(Cl)C1. The molecular formula is C16H26Cl2O2. The fourth-order valence-electron chi connectivity index (χ4n) is 3.06. The first kappa shape index (κ1) is 16.6. The van der Waals surface area contributed by atoms with Gasteiger partial charge in [-0.05, 0) is 43.9 Å². The Hall–Kier alpha value is 0.240. The summed E-state index contributed by atoms with van der Waals surface area (Å²) in [6, 6.07) is 0. The van der Waals surface area contributed by atoms with E-state index in [1.54, 1.807) is 0 Å². The van der Waals surface area contributed by atoms with E-state index < -0.39 is 0 Å². The van der Waals surface area contributed by atoms with Crippen molar-refractivity contribution in [1.82, 2.24) is 0 Å². The van der Waals surface area contributed by atoms with Gasteiger partial charge < -0.3 is 9.47 Å². The Labute approximate surface area is 132 Å². The van der Waals surface area contributed by atoms with Gasteiger partial charge in [0.2, 0.25) is 0 Å². The molecule has 0 bridgehead atoms. The van der Waals surface area contributed by atoms with Crippen molar-refractivity contribution < 1.29 is 9.47 Å². The molecule has 0 spiro atoms. The molecule has 1 fully saturated rings. The van der Waals surface area contributed by atoms with Crippen LogP contribution in [0.15, 0.2) is 11.1 Å². The van der Waals surface area contributed by atoms with Crippen LogP contribution < -0.4 is 0 Å².